The summed E-state index contributed by atoms with van der Waals surface area (Å²) in [5.41, 5.74) is 7.72. The van der Waals surface area contributed by atoms with Crippen LogP contribution in [-0.2, 0) is 10.0 Å². The van der Waals surface area contributed by atoms with Crippen LogP contribution in [-0.4, -0.2) is 40.1 Å². The van der Waals surface area contributed by atoms with Crippen molar-refractivity contribution in [3.05, 3.63) is 55.1 Å². The molecule has 0 radical (unpaired) electrons. The van der Waals surface area contributed by atoms with Crippen LogP contribution in [0, 0.1) is 0 Å². The monoisotopic (exact) mass is 397 g/mol. The minimum Gasteiger partial charge on any atom is -0.480 e. The average molecular weight is 397 g/mol. The van der Waals surface area contributed by atoms with Gasteiger partial charge in [-0.05, 0) is 30.3 Å². The summed E-state index contributed by atoms with van der Waals surface area (Å²) in [7, 11) is -2.46. The van der Waals surface area contributed by atoms with E-state index in [1.807, 2.05) is 0 Å². The molecular formula is C17H15N7O3S. The number of anilines is 2. The second-order valence-electron chi connectivity index (χ2n) is 5.75. The number of aromatic nitrogens is 5. The Labute approximate surface area is 160 Å². The lowest BCUT2D eigenvalue weighted by Crippen LogP contribution is -2.14. The van der Waals surface area contributed by atoms with Gasteiger partial charge in [-0.1, -0.05) is 0 Å². The zero-order valence-electron chi connectivity index (χ0n) is 14.6. The van der Waals surface area contributed by atoms with Crippen LogP contribution in [0.15, 0.2) is 60.0 Å². The summed E-state index contributed by atoms with van der Waals surface area (Å²) in [6, 6.07) is 8.06. The van der Waals surface area contributed by atoms with Crippen molar-refractivity contribution in [2.45, 2.75) is 4.90 Å². The van der Waals surface area contributed by atoms with Gasteiger partial charge < -0.3 is 10.5 Å². The van der Waals surface area contributed by atoms with Gasteiger partial charge in [-0.2, -0.15) is 9.61 Å². The number of hydrogen-bond acceptors (Lipinski definition) is 8. The quantitative estimate of drug-likeness (QED) is 0.518. The number of nitrogens with two attached hydrogens (primary N) is 1. The molecule has 0 aliphatic heterocycles. The molecule has 142 valence electrons. The zero-order chi connectivity index (χ0) is 19.7. The highest BCUT2D eigenvalue weighted by molar-refractivity contribution is 7.92. The van der Waals surface area contributed by atoms with Crippen molar-refractivity contribution in [1.29, 1.82) is 0 Å². The zero-order valence-corrected chi connectivity index (χ0v) is 15.5. The summed E-state index contributed by atoms with van der Waals surface area (Å²) >= 11 is 0. The number of nitrogen functional groups attached to an aromatic ring is 1. The van der Waals surface area contributed by atoms with Crippen LogP contribution in [0.1, 0.15) is 0 Å². The van der Waals surface area contributed by atoms with Gasteiger partial charge in [-0.25, -0.2) is 18.4 Å². The Hall–Kier alpha value is -3.73. The molecule has 4 rings (SSSR count). The summed E-state index contributed by atoms with van der Waals surface area (Å²) in [5.74, 6) is 0.510. The van der Waals surface area contributed by atoms with Gasteiger partial charge in [0.2, 0.25) is 5.88 Å². The molecule has 4 heterocycles. The van der Waals surface area contributed by atoms with Gasteiger partial charge in [-0.3, -0.25) is 9.71 Å². The normalized spacial score (nSPS) is 11.5. The third-order valence-corrected chi connectivity index (χ3v) is 5.27. The predicted molar refractivity (Wildman–Crippen MR) is 102 cm³/mol. The van der Waals surface area contributed by atoms with Crippen LogP contribution >= 0.6 is 0 Å². The van der Waals surface area contributed by atoms with Gasteiger partial charge in [0.1, 0.15) is 16.4 Å². The molecule has 0 aromatic carbocycles. The fourth-order valence-electron chi connectivity index (χ4n) is 2.58. The van der Waals surface area contributed by atoms with E-state index in [4.69, 9.17) is 10.5 Å². The number of ether oxygens (including phenoxy) is 1. The number of fused-ring (bicyclic) bond motifs is 1. The van der Waals surface area contributed by atoms with Crippen molar-refractivity contribution >= 4 is 27.2 Å². The number of methoxy groups -OCH3 is 1. The number of nitrogens with one attached hydrogen (secondary N) is 1. The van der Waals surface area contributed by atoms with Crippen molar-refractivity contribution in [3.8, 4) is 17.1 Å². The molecule has 3 N–H and O–H groups in total. The summed E-state index contributed by atoms with van der Waals surface area (Å²) in [6.45, 7) is 0. The fourth-order valence-corrected chi connectivity index (χ4v) is 3.59. The molecule has 0 atom stereocenters. The summed E-state index contributed by atoms with van der Waals surface area (Å²) in [5, 5.41) is 4.42. The lowest BCUT2D eigenvalue weighted by atomic mass is 10.2. The molecule has 0 spiro atoms. The van der Waals surface area contributed by atoms with Crippen molar-refractivity contribution in [2.75, 3.05) is 17.6 Å². The first-order valence-electron chi connectivity index (χ1n) is 8.05. The average Bonchev–Trinajstić information content (AvgIpc) is 3.08. The van der Waals surface area contributed by atoms with Crippen LogP contribution in [0.3, 0.4) is 0 Å². The van der Waals surface area contributed by atoms with E-state index in [0.717, 1.165) is 0 Å². The molecule has 0 unspecified atom stereocenters. The van der Waals surface area contributed by atoms with Crippen LogP contribution in [0.2, 0.25) is 0 Å². The Bertz CT molecular complexity index is 1260. The molecule has 11 heteroatoms. The first-order valence-corrected chi connectivity index (χ1v) is 9.54. The third kappa shape index (κ3) is 3.18. The smallest absolute Gasteiger partial charge is 0.263 e. The lowest BCUT2D eigenvalue weighted by Gasteiger charge is -2.12. The topological polar surface area (TPSA) is 137 Å². The van der Waals surface area contributed by atoms with E-state index in [-0.39, 0.29) is 16.5 Å². The van der Waals surface area contributed by atoms with Crippen molar-refractivity contribution < 1.29 is 13.2 Å². The highest BCUT2D eigenvalue weighted by Crippen LogP contribution is 2.29. The second kappa shape index (κ2) is 6.78. The number of imidazole rings is 1. The van der Waals surface area contributed by atoms with Gasteiger partial charge in [0.25, 0.3) is 10.0 Å². The number of hydrogen-bond donors (Lipinski definition) is 2. The van der Waals surface area contributed by atoms with Crippen molar-refractivity contribution in [1.82, 2.24) is 24.6 Å². The van der Waals surface area contributed by atoms with E-state index < -0.39 is 10.0 Å². The standard InChI is InChI=1S/C17H15N7O3S/c1-27-17-14(23-28(25,26)12-3-2-6-19-9-12)7-11(8-21-17)13-4-5-16-20-10-15(18)24(16)22-13/h2-10,23H,18H2,1H3. The Morgan fingerprint density at radius 2 is 2.00 bits per heavy atom. The molecule has 0 saturated carbocycles. The summed E-state index contributed by atoms with van der Waals surface area (Å²) < 4.78 is 34.4. The van der Waals surface area contributed by atoms with Gasteiger partial charge in [-0.15, -0.1) is 0 Å². The molecule has 0 aliphatic carbocycles. The van der Waals surface area contributed by atoms with Crippen LogP contribution in [0.5, 0.6) is 5.88 Å². The van der Waals surface area contributed by atoms with Crippen LogP contribution in [0.25, 0.3) is 16.9 Å². The Balaban J connectivity index is 1.76. The van der Waals surface area contributed by atoms with E-state index in [1.165, 1.54) is 48.5 Å². The number of nitrogens with zero attached hydrogens (tertiary/aromatic N) is 5. The molecule has 10 nitrogen and oxygen atoms in total. The number of pyridine rings is 2. The minimum absolute atomic E-state index is 0.0215. The molecular weight excluding hydrogens is 382 g/mol. The van der Waals surface area contributed by atoms with E-state index in [1.54, 1.807) is 18.2 Å². The largest absolute Gasteiger partial charge is 0.480 e. The van der Waals surface area contributed by atoms with Crippen molar-refractivity contribution in [3.63, 3.8) is 0 Å². The minimum atomic E-state index is -3.87. The maximum atomic E-state index is 12.6. The first-order chi connectivity index (χ1) is 13.5. The third-order valence-electron chi connectivity index (χ3n) is 3.92. The molecule has 4 aromatic rings. The van der Waals surface area contributed by atoms with E-state index in [0.29, 0.717) is 22.7 Å². The van der Waals surface area contributed by atoms with Gasteiger partial charge in [0.05, 0.1) is 19.0 Å². The predicted octanol–water partition coefficient (Wildman–Crippen LogP) is 1.58. The van der Waals surface area contributed by atoms with Crippen LogP contribution < -0.4 is 15.2 Å². The van der Waals surface area contributed by atoms with Gasteiger partial charge in [0.15, 0.2) is 5.65 Å². The van der Waals surface area contributed by atoms with Crippen LogP contribution in [0.4, 0.5) is 11.5 Å². The molecule has 28 heavy (non-hydrogen) atoms. The van der Waals surface area contributed by atoms with E-state index in [9.17, 15) is 8.42 Å². The Morgan fingerprint density at radius 3 is 2.75 bits per heavy atom. The number of sulfonamides is 1. The Kier molecular flexibility index (Phi) is 4.28. The summed E-state index contributed by atoms with van der Waals surface area (Å²) in [4.78, 5) is 12.2. The number of rotatable bonds is 5. The fraction of sp³-hybridized carbons (Fsp3) is 0.0588. The van der Waals surface area contributed by atoms with Gasteiger partial charge >= 0.3 is 0 Å². The van der Waals surface area contributed by atoms with Crippen molar-refractivity contribution in [2.24, 2.45) is 0 Å². The molecule has 0 fully saturated rings. The molecule has 0 bridgehead atoms. The van der Waals surface area contributed by atoms with E-state index >= 15 is 0 Å². The highest BCUT2D eigenvalue weighted by atomic mass is 32.2. The summed E-state index contributed by atoms with van der Waals surface area (Å²) in [6.07, 6.45) is 5.78. The molecule has 0 amide bonds. The Morgan fingerprint density at radius 1 is 1.14 bits per heavy atom. The molecule has 0 saturated heterocycles. The van der Waals surface area contributed by atoms with E-state index in [2.05, 4.69) is 24.8 Å². The maximum Gasteiger partial charge on any atom is 0.263 e. The second-order valence-corrected chi connectivity index (χ2v) is 7.43. The molecule has 4 aromatic heterocycles. The van der Waals surface area contributed by atoms with Gasteiger partial charge in [0, 0.05) is 24.2 Å². The first kappa shape index (κ1) is 17.7. The maximum absolute atomic E-state index is 12.6. The lowest BCUT2D eigenvalue weighted by molar-refractivity contribution is 0.400. The molecule has 0 aliphatic rings. The highest BCUT2D eigenvalue weighted by Gasteiger charge is 2.18. The SMILES string of the molecule is COc1ncc(-c2ccc3ncc(N)n3n2)cc1NS(=O)(=O)c1cccnc1.